The van der Waals surface area contributed by atoms with Gasteiger partial charge in [-0.1, -0.05) is 17.7 Å². The number of hydrogen-bond acceptors (Lipinski definition) is 4. The van der Waals surface area contributed by atoms with Gasteiger partial charge in [0.1, 0.15) is 0 Å². The summed E-state index contributed by atoms with van der Waals surface area (Å²) >= 11 is 7.84. The van der Waals surface area contributed by atoms with Crippen molar-refractivity contribution in [3.8, 4) is 11.5 Å². The minimum absolute atomic E-state index is 0.252. The van der Waals surface area contributed by atoms with Crippen LogP contribution in [0.5, 0.6) is 11.5 Å². The van der Waals surface area contributed by atoms with Crippen molar-refractivity contribution >= 4 is 22.9 Å². The molecule has 0 bridgehead atoms. The van der Waals surface area contributed by atoms with Crippen LogP contribution >= 0.6 is 22.9 Å². The third kappa shape index (κ3) is 2.46. The van der Waals surface area contributed by atoms with Crippen molar-refractivity contribution in [2.24, 2.45) is 5.73 Å². The molecule has 1 aromatic carbocycles. The van der Waals surface area contributed by atoms with E-state index in [1.165, 1.54) is 0 Å². The molecule has 0 saturated carbocycles. The Bertz CT molecular complexity index is 528. The number of rotatable bonds is 4. The van der Waals surface area contributed by atoms with Crippen molar-refractivity contribution in [3.63, 3.8) is 0 Å². The molecular weight excluding hydrogens is 270 g/mol. The fraction of sp³-hybridized carbons (Fsp3) is 0.231. The number of thiophene rings is 1. The highest BCUT2D eigenvalue weighted by Gasteiger charge is 2.17. The smallest absolute Gasteiger partial charge is 0.162 e. The van der Waals surface area contributed by atoms with Crippen molar-refractivity contribution in [1.82, 2.24) is 0 Å². The zero-order valence-corrected chi connectivity index (χ0v) is 11.7. The molecule has 2 aromatic rings. The van der Waals surface area contributed by atoms with Gasteiger partial charge in [-0.3, -0.25) is 0 Å². The van der Waals surface area contributed by atoms with Crippen molar-refractivity contribution in [1.29, 1.82) is 0 Å². The average Bonchev–Trinajstić information content (AvgIpc) is 2.91. The molecule has 3 nitrogen and oxygen atoms in total. The van der Waals surface area contributed by atoms with Gasteiger partial charge in [0.25, 0.3) is 0 Å². The molecule has 0 aliphatic carbocycles. The third-order valence-electron chi connectivity index (χ3n) is 2.69. The molecule has 0 fully saturated rings. The van der Waals surface area contributed by atoms with Gasteiger partial charge < -0.3 is 15.2 Å². The van der Waals surface area contributed by atoms with Gasteiger partial charge in [-0.15, -0.1) is 11.3 Å². The molecule has 0 amide bonds. The van der Waals surface area contributed by atoms with E-state index < -0.39 is 0 Å². The van der Waals surface area contributed by atoms with Crippen LogP contribution in [-0.4, -0.2) is 14.2 Å². The molecule has 5 heteroatoms. The standard InChI is InChI=1S/C13H14ClNO2S/c1-16-10-6-8(9(14)7-11(10)17-2)13(15)12-4-3-5-18-12/h3-7,13H,15H2,1-2H3. The Balaban J connectivity index is 2.45. The van der Waals surface area contributed by atoms with Crippen LogP contribution < -0.4 is 15.2 Å². The van der Waals surface area contributed by atoms with Crippen LogP contribution in [0.2, 0.25) is 5.02 Å². The monoisotopic (exact) mass is 283 g/mol. The first-order valence-electron chi connectivity index (χ1n) is 5.37. The van der Waals surface area contributed by atoms with E-state index in [1.807, 2.05) is 23.6 Å². The van der Waals surface area contributed by atoms with Crippen LogP contribution in [0, 0.1) is 0 Å². The Hall–Kier alpha value is -1.23. The van der Waals surface area contributed by atoms with Gasteiger partial charge in [-0.05, 0) is 23.1 Å². The summed E-state index contributed by atoms with van der Waals surface area (Å²) in [5.41, 5.74) is 7.04. The molecule has 0 aliphatic rings. The molecule has 96 valence electrons. The largest absolute Gasteiger partial charge is 0.493 e. The molecule has 2 rings (SSSR count). The van der Waals surface area contributed by atoms with Gasteiger partial charge in [0.05, 0.1) is 20.3 Å². The Kier molecular flexibility index (Phi) is 4.11. The molecule has 0 aliphatic heterocycles. The van der Waals surface area contributed by atoms with Crippen LogP contribution in [-0.2, 0) is 0 Å². The first-order chi connectivity index (χ1) is 8.67. The van der Waals surface area contributed by atoms with Gasteiger partial charge >= 0.3 is 0 Å². The normalized spacial score (nSPS) is 12.2. The lowest BCUT2D eigenvalue weighted by atomic mass is 10.1. The van der Waals surface area contributed by atoms with Gasteiger partial charge in [-0.25, -0.2) is 0 Å². The second-order valence-corrected chi connectivity index (χ2v) is 5.11. The van der Waals surface area contributed by atoms with Crippen molar-refractivity contribution in [2.45, 2.75) is 6.04 Å². The lowest BCUT2D eigenvalue weighted by Crippen LogP contribution is -2.11. The molecule has 0 saturated heterocycles. The summed E-state index contributed by atoms with van der Waals surface area (Å²) < 4.78 is 10.5. The summed E-state index contributed by atoms with van der Waals surface area (Å²) in [7, 11) is 3.17. The minimum atomic E-state index is -0.252. The van der Waals surface area contributed by atoms with Crippen LogP contribution in [0.4, 0.5) is 0 Å². The highest BCUT2D eigenvalue weighted by Crippen LogP contribution is 2.37. The van der Waals surface area contributed by atoms with E-state index in [2.05, 4.69) is 0 Å². The van der Waals surface area contributed by atoms with Crippen LogP contribution in [0.1, 0.15) is 16.5 Å². The van der Waals surface area contributed by atoms with E-state index >= 15 is 0 Å². The summed E-state index contributed by atoms with van der Waals surface area (Å²) in [6, 6.07) is 7.25. The highest BCUT2D eigenvalue weighted by atomic mass is 35.5. The molecule has 1 heterocycles. The fourth-order valence-corrected chi connectivity index (χ4v) is 2.75. The quantitative estimate of drug-likeness (QED) is 0.934. The lowest BCUT2D eigenvalue weighted by Gasteiger charge is -2.15. The summed E-state index contributed by atoms with van der Waals surface area (Å²) in [5.74, 6) is 1.23. The number of ether oxygens (including phenoxy) is 2. The molecular formula is C13H14ClNO2S. The van der Waals surface area contributed by atoms with E-state index in [-0.39, 0.29) is 6.04 Å². The maximum Gasteiger partial charge on any atom is 0.162 e. The molecule has 0 spiro atoms. The van der Waals surface area contributed by atoms with E-state index in [1.54, 1.807) is 31.6 Å². The zero-order valence-electron chi connectivity index (χ0n) is 10.1. The molecule has 18 heavy (non-hydrogen) atoms. The third-order valence-corrected chi connectivity index (χ3v) is 3.97. The van der Waals surface area contributed by atoms with Gasteiger partial charge in [-0.2, -0.15) is 0 Å². The van der Waals surface area contributed by atoms with Crippen molar-refractivity contribution < 1.29 is 9.47 Å². The van der Waals surface area contributed by atoms with Gasteiger partial charge in [0.15, 0.2) is 11.5 Å². The molecule has 1 atom stereocenters. The molecule has 1 unspecified atom stereocenters. The van der Waals surface area contributed by atoms with Crippen molar-refractivity contribution in [2.75, 3.05) is 14.2 Å². The number of methoxy groups -OCH3 is 2. The van der Waals surface area contributed by atoms with E-state index in [0.717, 1.165) is 10.4 Å². The minimum Gasteiger partial charge on any atom is -0.493 e. The van der Waals surface area contributed by atoms with Crippen LogP contribution in [0.3, 0.4) is 0 Å². The first-order valence-corrected chi connectivity index (χ1v) is 6.63. The SMILES string of the molecule is COc1cc(Cl)c(C(N)c2cccs2)cc1OC. The Morgan fingerprint density at radius 1 is 1.22 bits per heavy atom. The molecule has 0 radical (unpaired) electrons. The topological polar surface area (TPSA) is 44.5 Å². The first kappa shape index (κ1) is 13.2. The fourth-order valence-electron chi connectivity index (χ4n) is 1.73. The highest BCUT2D eigenvalue weighted by molar-refractivity contribution is 7.10. The zero-order chi connectivity index (χ0) is 13.1. The van der Waals surface area contributed by atoms with Gasteiger partial charge in [0.2, 0.25) is 0 Å². The second kappa shape index (κ2) is 5.61. The number of hydrogen-bond donors (Lipinski definition) is 1. The van der Waals surface area contributed by atoms with Crippen LogP contribution in [0.15, 0.2) is 29.6 Å². The predicted octanol–water partition coefficient (Wildman–Crippen LogP) is 3.47. The van der Waals surface area contributed by atoms with Crippen molar-refractivity contribution in [3.05, 3.63) is 45.1 Å². The summed E-state index contributed by atoms with van der Waals surface area (Å²) in [6.07, 6.45) is 0. The number of nitrogens with two attached hydrogens (primary N) is 1. The van der Waals surface area contributed by atoms with Crippen LogP contribution in [0.25, 0.3) is 0 Å². The Labute approximate surface area is 115 Å². The molecule has 2 N–H and O–H groups in total. The summed E-state index contributed by atoms with van der Waals surface area (Å²) in [6.45, 7) is 0. The van der Waals surface area contributed by atoms with Gasteiger partial charge in [0, 0.05) is 16.0 Å². The maximum atomic E-state index is 6.24. The predicted molar refractivity (Wildman–Crippen MR) is 74.9 cm³/mol. The van der Waals surface area contributed by atoms with E-state index in [0.29, 0.717) is 16.5 Å². The summed E-state index contributed by atoms with van der Waals surface area (Å²) in [5, 5.41) is 2.57. The second-order valence-electron chi connectivity index (χ2n) is 3.72. The lowest BCUT2D eigenvalue weighted by molar-refractivity contribution is 0.354. The summed E-state index contributed by atoms with van der Waals surface area (Å²) in [4.78, 5) is 1.06. The van der Waals surface area contributed by atoms with E-state index in [4.69, 9.17) is 26.8 Å². The van der Waals surface area contributed by atoms with E-state index in [9.17, 15) is 0 Å². The average molecular weight is 284 g/mol. The molecule has 1 aromatic heterocycles. The Morgan fingerprint density at radius 2 is 1.89 bits per heavy atom. The Morgan fingerprint density at radius 3 is 2.44 bits per heavy atom. The number of benzene rings is 1. The maximum absolute atomic E-state index is 6.24. The number of halogens is 1.